The lowest BCUT2D eigenvalue weighted by molar-refractivity contribution is 0.181. The van der Waals surface area contributed by atoms with Gasteiger partial charge in [-0.1, -0.05) is 6.92 Å². The minimum Gasteiger partial charge on any atom is -0.393 e. The van der Waals surface area contributed by atoms with Crippen molar-refractivity contribution in [3.63, 3.8) is 0 Å². The van der Waals surface area contributed by atoms with Gasteiger partial charge in [-0.15, -0.1) is 0 Å². The summed E-state index contributed by atoms with van der Waals surface area (Å²) in [7, 11) is 0. The molecule has 0 aromatic carbocycles. The highest BCUT2D eigenvalue weighted by Crippen LogP contribution is 2.00. The third kappa shape index (κ3) is 4.77. The highest BCUT2D eigenvalue weighted by Gasteiger charge is 2.01. The van der Waals surface area contributed by atoms with Gasteiger partial charge >= 0.3 is 0 Å². The van der Waals surface area contributed by atoms with Crippen molar-refractivity contribution in [2.24, 2.45) is 0 Å². The van der Waals surface area contributed by atoms with Crippen molar-refractivity contribution in [2.45, 2.75) is 52.3 Å². The second-order valence-corrected chi connectivity index (χ2v) is 4.21. The van der Waals surface area contributed by atoms with Gasteiger partial charge in [-0.2, -0.15) is 5.10 Å². The average Bonchev–Trinajstić information content (AvgIpc) is 2.65. The monoisotopic (exact) mass is 225 g/mol. The van der Waals surface area contributed by atoms with E-state index in [0.717, 1.165) is 38.9 Å². The smallest absolute Gasteiger partial charge is 0.0522 e. The van der Waals surface area contributed by atoms with Crippen LogP contribution in [0.4, 0.5) is 0 Å². The van der Waals surface area contributed by atoms with E-state index in [1.807, 2.05) is 17.8 Å². The molecule has 0 fully saturated rings. The number of nitrogens with zero attached hydrogens (tertiary/aromatic N) is 2. The summed E-state index contributed by atoms with van der Waals surface area (Å²) < 4.78 is 2.04. The fourth-order valence-electron chi connectivity index (χ4n) is 1.66. The molecule has 0 saturated carbocycles. The molecule has 16 heavy (non-hydrogen) atoms. The molecule has 92 valence electrons. The maximum absolute atomic E-state index is 9.11. The largest absolute Gasteiger partial charge is 0.393 e. The molecule has 0 radical (unpaired) electrons. The second-order valence-electron chi connectivity index (χ2n) is 4.21. The number of nitrogens with one attached hydrogen (secondary N) is 1. The Balaban J connectivity index is 2.18. The zero-order valence-corrected chi connectivity index (χ0v) is 10.3. The normalized spacial score (nSPS) is 12.9. The Labute approximate surface area is 97.7 Å². The van der Waals surface area contributed by atoms with Crippen molar-refractivity contribution in [1.82, 2.24) is 15.1 Å². The van der Waals surface area contributed by atoms with Gasteiger partial charge in [0.1, 0.15) is 0 Å². The van der Waals surface area contributed by atoms with Gasteiger partial charge in [0.25, 0.3) is 0 Å². The molecule has 1 unspecified atom stereocenters. The lowest BCUT2D eigenvalue weighted by Gasteiger charge is -2.08. The van der Waals surface area contributed by atoms with Gasteiger partial charge in [0.2, 0.25) is 0 Å². The molecular weight excluding hydrogens is 202 g/mol. The Kier molecular flexibility index (Phi) is 6.11. The zero-order valence-electron chi connectivity index (χ0n) is 10.3. The fourth-order valence-corrected chi connectivity index (χ4v) is 1.66. The number of hydrogen-bond donors (Lipinski definition) is 2. The topological polar surface area (TPSA) is 50.1 Å². The molecule has 4 nitrogen and oxygen atoms in total. The molecule has 1 aromatic rings. The van der Waals surface area contributed by atoms with Crippen molar-refractivity contribution in [2.75, 3.05) is 6.54 Å². The summed E-state index contributed by atoms with van der Waals surface area (Å²) in [6.45, 7) is 6.78. The Morgan fingerprint density at radius 2 is 2.38 bits per heavy atom. The van der Waals surface area contributed by atoms with Crippen molar-refractivity contribution >= 4 is 0 Å². The van der Waals surface area contributed by atoms with Crippen LogP contribution in [0.25, 0.3) is 0 Å². The molecule has 1 heterocycles. The number of aryl methyl sites for hydroxylation is 1. The van der Waals surface area contributed by atoms with Crippen molar-refractivity contribution in [1.29, 1.82) is 0 Å². The summed E-state index contributed by atoms with van der Waals surface area (Å²) in [5.74, 6) is 0. The molecule has 1 rings (SSSR count). The lowest BCUT2D eigenvalue weighted by atomic mass is 10.2. The van der Waals surface area contributed by atoms with Crippen LogP contribution >= 0.6 is 0 Å². The van der Waals surface area contributed by atoms with Crippen LogP contribution in [0.15, 0.2) is 12.3 Å². The number of aliphatic hydroxyl groups is 1. The van der Waals surface area contributed by atoms with Crippen molar-refractivity contribution in [3.8, 4) is 0 Å². The third-order valence-corrected chi connectivity index (χ3v) is 2.52. The van der Waals surface area contributed by atoms with E-state index in [9.17, 15) is 0 Å². The molecule has 0 aliphatic carbocycles. The summed E-state index contributed by atoms with van der Waals surface area (Å²) in [5, 5.41) is 16.7. The Morgan fingerprint density at radius 1 is 1.56 bits per heavy atom. The van der Waals surface area contributed by atoms with Gasteiger partial charge in [-0.3, -0.25) is 4.68 Å². The predicted molar refractivity (Wildman–Crippen MR) is 65.1 cm³/mol. The molecule has 2 N–H and O–H groups in total. The van der Waals surface area contributed by atoms with Crippen LogP contribution in [-0.2, 0) is 13.1 Å². The van der Waals surface area contributed by atoms with Gasteiger partial charge in [-0.05, 0) is 38.8 Å². The summed E-state index contributed by atoms with van der Waals surface area (Å²) >= 11 is 0. The number of aromatic nitrogens is 2. The Bertz CT molecular complexity index is 284. The van der Waals surface area contributed by atoms with E-state index in [0.29, 0.717) is 0 Å². The summed E-state index contributed by atoms with van der Waals surface area (Å²) in [6, 6.07) is 2.05. The van der Waals surface area contributed by atoms with E-state index in [1.54, 1.807) is 0 Å². The molecule has 1 atom stereocenters. The fraction of sp³-hybridized carbons (Fsp3) is 0.750. The summed E-state index contributed by atoms with van der Waals surface area (Å²) in [5.41, 5.74) is 1.24. The number of hydrogen-bond acceptors (Lipinski definition) is 3. The first kappa shape index (κ1) is 13.2. The molecule has 0 amide bonds. The van der Waals surface area contributed by atoms with E-state index < -0.39 is 0 Å². The standard InChI is InChI=1S/C12H23N3O/c1-3-9-15-12(6-8-14-15)10-13-7-4-5-11(2)16/h6,8,11,13,16H,3-5,7,9-10H2,1-2H3. The maximum atomic E-state index is 9.11. The molecule has 4 heteroatoms. The molecule has 0 bridgehead atoms. The van der Waals surface area contributed by atoms with Gasteiger partial charge in [0, 0.05) is 19.3 Å². The van der Waals surface area contributed by atoms with E-state index >= 15 is 0 Å². The molecule has 1 aromatic heterocycles. The first-order valence-electron chi connectivity index (χ1n) is 6.13. The molecule has 0 spiro atoms. The molecular formula is C12H23N3O. The predicted octanol–water partition coefficient (Wildman–Crippen LogP) is 1.54. The van der Waals surface area contributed by atoms with E-state index in [4.69, 9.17) is 5.11 Å². The van der Waals surface area contributed by atoms with Crippen LogP contribution in [0.5, 0.6) is 0 Å². The van der Waals surface area contributed by atoms with Crippen LogP contribution in [0, 0.1) is 0 Å². The Morgan fingerprint density at radius 3 is 3.06 bits per heavy atom. The Hall–Kier alpha value is -0.870. The summed E-state index contributed by atoms with van der Waals surface area (Å²) in [4.78, 5) is 0. The SMILES string of the molecule is CCCn1nccc1CNCCCC(C)O. The van der Waals surface area contributed by atoms with Crippen molar-refractivity contribution < 1.29 is 5.11 Å². The lowest BCUT2D eigenvalue weighted by Crippen LogP contribution is -2.19. The van der Waals surface area contributed by atoms with Gasteiger partial charge in [0.05, 0.1) is 11.8 Å². The molecule has 0 saturated heterocycles. The minimum atomic E-state index is -0.188. The van der Waals surface area contributed by atoms with Crippen LogP contribution < -0.4 is 5.32 Å². The van der Waals surface area contributed by atoms with Crippen LogP contribution in [0.1, 0.15) is 38.8 Å². The van der Waals surface area contributed by atoms with E-state index in [1.165, 1.54) is 5.69 Å². The number of rotatable bonds is 8. The first-order valence-corrected chi connectivity index (χ1v) is 6.13. The quantitative estimate of drug-likeness (QED) is 0.660. The number of aliphatic hydroxyl groups excluding tert-OH is 1. The zero-order chi connectivity index (χ0) is 11.8. The molecule has 0 aliphatic heterocycles. The second kappa shape index (κ2) is 7.41. The first-order chi connectivity index (χ1) is 7.74. The van der Waals surface area contributed by atoms with Gasteiger partial charge in [0.15, 0.2) is 0 Å². The van der Waals surface area contributed by atoms with E-state index in [-0.39, 0.29) is 6.10 Å². The van der Waals surface area contributed by atoms with Gasteiger partial charge in [-0.25, -0.2) is 0 Å². The maximum Gasteiger partial charge on any atom is 0.0522 e. The molecule has 0 aliphatic rings. The summed E-state index contributed by atoms with van der Waals surface area (Å²) in [6.07, 6.45) is 4.65. The van der Waals surface area contributed by atoms with Crippen LogP contribution in [-0.4, -0.2) is 27.5 Å². The van der Waals surface area contributed by atoms with E-state index in [2.05, 4.69) is 23.4 Å². The van der Waals surface area contributed by atoms with Crippen molar-refractivity contribution in [3.05, 3.63) is 18.0 Å². The highest BCUT2D eigenvalue weighted by molar-refractivity contribution is 4.99. The highest BCUT2D eigenvalue weighted by atomic mass is 16.3. The average molecular weight is 225 g/mol. The van der Waals surface area contributed by atoms with Crippen LogP contribution in [0.2, 0.25) is 0 Å². The third-order valence-electron chi connectivity index (χ3n) is 2.52. The minimum absolute atomic E-state index is 0.188. The van der Waals surface area contributed by atoms with Crippen LogP contribution in [0.3, 0.4) is 0 Å². The van der Waals surface area contributed by atoms with Gasteiger partial charge < -0.3 is 10.4 Å².